The van der Waals surface area contributed by atoms with Crippen LogP contribution in [0.15, 0.2) is 28.7 Å². The van der Waals surface area contributed by atoms with Crippen LogP contribution in [0, 0.1) is 11.8 Å². The molecule has 0 radical (unpaired) electrons. The van der Waals surface area contributed by atoms with Crippen molar-refractivity contribution < 1.29 is 5.11 Å². The molecule has 0 aliphatic heterocycles. The van der Waals surface area contributed by atoms with E-state index in [1.807, 2.05) is 24.3 Å². The van der Waals surface area contributed by atoms with Crippen molar-refractivity contribution in [3.8, 4) is 0 Å². The topological polar surface area (TPSA) is 46.2 Å². The van der Waals surface area contributed by atoms with Gasteiger partial charge in [0.05, 0.1) is 6.10 Å². The lowest BCUT2D eigenvalue weighted by Gasteiger charge is -2.29. The lowest BCUT2D eigenvalue weighted by molar-refractivity contribution is 0.0684. The zero-order valence-corrected chi connectivity index (χ0v) is 12.3. The molecule has 0 amide bonds. The van der Waals surface area contributed by atoms with Crippen molar-refractivity contribution in [2.75, 3.05) is 6.54 Å². The summed E-state index contributed by atoms with van der Waals surface area (Å²) in [5.41, 5.74) is 6.92. The van der Waals surface area contributed by atoms with Gasteiger partial charge in [-0.15, -0.1) is 0 Å². The molecule has 3 atom stereocenters. The van der Waals surface area contributed by atoms with E-state index in [1.165, 1.54) is 0 Å². The molecule has 0 bridgehead atoms. The van der Waals surface area contributed by atoms with Crippen LogP contribution in [0.4, 0.5) is 0 Å². The van der Waals surface area contributed by atoms with Gasteiger partial charge >= 0.3 is 0 Å². The Morgan fingerprint density at radius 2 is 1.94 bits per heavy atom. The molecule has 0 saturated carbocycles. The van der Waals surface area contributed by atoms with Gasteiger partial charge in [-0.2, -0.15) is 0 Å². The lowest BCUT2D eigenvalue weighted by Crippen LogP contribution is -2.33. The summed E-state index contributed by atoms with van der Waals surface area (Å²) in [6.07, 6.45) is -0.394. The second kappa shape index (κ2) is 6.53. The fourth-order valence-electron chi connectivity index (χ4n) is 1.97. The van der Waals surface area contributed by atoms with Crippen LogP contribution in [-0.4, -0.2) is 17.8 Å². The van der Waals surface area contributed by atoms with Crippen LogP contribution in [0.5, 0.6) is 0 Å². The first-order valence-corrected chi connectivity index (χ1v) is 6.90. The molecular weight excluding hydrogens is 278 g/mol. The third kappa shape index (κ3) is 3.80. The average molecular weight is 300 g/mol. The Kier molecular flexibility index (Phi) is 5.63. The van der Waals surface area contributed by atoms with Crippen LogP contribution in [0.3, 0.4) is 0 Å². The molecule has 3 unspecified atom stereocenters. The molecule has 3 heteroatoms. The van der Waals surface area contributed by atoms with E-state index >= 15 is 0 Å². The van der Waals surface area contributed by atoms with Crippen molar-refractivity contribution in [1.82, 2.24) is 0 Å². The highest BCUT2D eigenvalue weighted by molar-refractivity contribution is 9.10. The van der Waals surface area contributed by atoms with E-state index < -0.39 is 6.10 Å². The van der Waals surface area contributed by atoms with Crippen molar-refractivity contribution in [2.24, 2.45) is 17.6 Å². The molecule has 17 heavy (non-hydrogen) atoms. The summed E-state index contributed by atoms with van der Waals surface area (Å²) < 4.78 is 1.03. The molecule has 0 heterocycles. The Bertz CT molecular complexity index is 354. The fraction of sp³-hybridized carbons (Fsp3) is 0.571. The Balaban J connectivity index is 2.91. The molecule has 1 aromatic carbocycles. The van der Waals surface area contributed by atoms with Crippen molar-refractivity contribution in [2.45, 2.75) is 32.8 Å². The smallest absolute Gasteiger partial charge is 0.0648 e. The summed E-state index contributed by atoms with van der Waals surface area (Å²) in [5.74, 6) is 0.693. The van der Waals surface area contributed by atoms with E-state index in [2.05, 4.69) is 36.7 Å². The third-order valence-electron chi connectivity index (χ3n) is 3.53. The van der Waals surface area contributed by atoms with E-state index in [-0.39, 0.29) is 11.8 Å². The molecule has 0 fully saturated rings. The van der Waals surface area contributed by atoms with E-state index in [9.17, 15) is 5.11 Å². The zero-order chi connectivity index (χ0) is 13.0. The van der Waals surface area contributed by atoms with Crippen molar-refractivity contribution in [1.29, 1.82) is 0 Å². The molecule has 3 N–H and O–H groups in total. The molecule has 0 aliphatic rings. The predicted octanol–water partition coefficient (Wildman–Crippen LogP) is 3.14. The number of hydrogen-bond donors (Lipinski definition) is 2. The first kappa shape index (κ1) is 14.7. The van der Waals surface area contributed by atoms with E-state index in [0.717, 1.165) is 10.0 Å². The van der Waals surface area contributed by atoms with E-state index in [1.54, 1.807) is 0 Å². The Labute approximate surface area is 112 Å². The largest absolute Gasteiger partial charge is 0.392 e. The van der Waals surface area contributed by atoms with Gasteiger partial charge < -0.3 is 10.8 Å². The zero-order valence-electron chi connectivity index (χ0n) is 10.7. The minimum Gasteiger partial charge on any atom is -0.392 e. The number of halogens is 1. The number of aliphatic hydroxyl groups is 1. The van der Waals surface area contributed by atoms with Crippen molar-refractivity contribution in [3.63, 3.8) is 0 Å². The van der Waals surface area contributed by atoms with Gasteiger partial charge in [-0.25, -0.2) is 0 Å². The molecular formula is C14H22BrNO. The van der Waals surface area contributed by atoms with Crippen LogP contribution in [-0.2, 0) is 0 Å². The quantitative estimate of drug-likeness (QED) is 0.877. The van der Waals surface area contributed by atoms with Crippen LogP contribution in [0.2, 0.25) is 0 Å². The van der Waals surface area contributed by atoms with Gasteiger partial charge in [0, 0.05) is 16.9 Å². The molecule has 1 rings (SSSR count). The predicted molar refractivity (Wildman–Crippen MR) is 75.9 cm³/mol. The van der Waals surface area contributed by atoms with Gasteiger partial charge in [0.2, 0.25) is 0 Å². The van der Waals surface area contributed by atoms with Gasteiger partial charge in [0.15, 0.2) is 0 Å². The maximum absolute atomic E-state index is 10.4. The second-order valence-electron chi connectivity index (χ2n) is 4.99. The summed E-state index contributed by atoms with van der Waals surface area (Å²) in [6.45, 7) is 6.80. The lowest BCUT2D eigenvalue weighted by atomic mass is 9.81. The van der Waals surface area contributed by atoms with Gasteiger partial charge in [-0.1, -0.05) is 48.8 Å². The van der Waals surface area contributed by atoms with Crippen molar-refractivity contribution in [3.05, 3.63) is 34.3 Å². The first-order valence-electron chi connectivity index (χ1n) is 6.11. The molecule has 0 aromatic heterocycles. The third-order valence-corrected chi connectivity index (χ3v) is 4.03. The normalized spacial score (nSPS) is 16.9. The summed E-state index contributed by atoms with van der Waals surface area (Å²) in [6, 6.07) is 8.02. The molecule has 0 saturated heterocycles. The highest BCUT2D eigenvalue weighted by Crippen LogP contribution is 2.28. The van der Waals surface area contributed by atoms with Gasteiger partial charge in [0.1, 0.15) is 0 Å². The van der Waals surface area contributed by atoms with Gasteiger partial charge in [-0.3, -0.25) is 0 Å². The SMILES string of the molecule is CC(C)C(C)C(O)C(CN)c1cccc(Br)c1. The van der Waals surface area contributed by atoms with Gasteiger partial charge in [0.25, 0.3) is 0 Å². The Hall–Kier alpha value is -0.380. The summed E-state index contributed by atoms with van der Waals surface area (Å²) in [7, 11) is 0. The minimum atomic E-state index is -0.394. The maximum Gasteiger partial charge on any atom is 0.0648 e. The first-order chi connectivity index (χ1) is 7.97. The molecule has 0 aliphatic carbocycles. The minimum absolute atomic E-state index is 0.00454. The highest BCUT2D eigenvalue weighted by Gasteiger charge is 2.26. The van der Waals surface area contributed by atoms with Crippen molar-refractivity contribution >= 4 is 15.9 Å². The Morgan fingerprint density at radius 1 is 1.29 bits per heavy atom. The van der Waals surface area contributed by atoms with E-state index in [0.29, 0.717) is 12.5 Å². The second-order valence-corrected chi connectivity index (χ2v) is 5.91. The van der Waals surface area contributed by atoms with Gasteiger partial charge in [-0.05, 0) is 29.5 Å². The maximum atomic E-state index is 10.4. The van der Waals surface area contributed by atoms with Crippen LogP contribution in [0.25, 0.3) is 0 Å². The van der Waals surface area contributed by atoms with Crippen LogP contribution < -0.4 is 5.73 Å². The Morgan fingerprint density at radius 3 is 2.41 bits per heavy atom. The number of benzene rings is 1. The molecule has 1 aromatic rings. The monoisotopic (exact) mass is 299 g/mol. The molecule has 96 valence electrons. The molecule has 2 nitrogen and oxygen atoms in total. The number of rotatable bonds is 5. The summed E-state index contributed by atoms with van der Waals surface area (Å²) in [4.78, 5) is 0. The van der Waals surface area contributed by atoms with Crippen LogP contribution >= 0.6 is 15.9 Å². The summed E-state index contributed by atoms with van der Waals surface area (Å²) >= 11 is 3.45. The van der Waals surface area contributed by atoms with Crippen LogP contribution in [0.1, 0.15) is 32.3 Å². The molecule has 0 spiro atoms. The summed E-state index contributed by atoms with van der Waals surface area (Å²) in [5, 5.41) is 10.4. The number of nitrogens with two attached hydrogens (primary N) is 1. The highest BCUT2D eigenvalue weighted by atomic mass is 79.9. The van der Waals surface area contributed by atoms with E-state index in [4.69, 9.17) is 5.73 Å². The fourth-order valence-corrected chi connectivity index (χ4v) is 2.39. The standard InChI is InChI=1S/C14H22BrNO/c1-9(2)10(3)14(17)13(8-16)11-5-4-6-12(15)7-11/h4-7,9-10,13-14,17H,8,16H2,1-3H3. The number of hydrogen-bond acceptors (Lipinski definition) is 2. The number of aliphatic hydroxyl groups excluding tert-OH is 1. The average Bonchev–Trinajstić information content (AvgIpc) is 2.28.